The van der Waals surface area contributed by atoms with E-state index < -0.39 is 0 Å². The van der Waals surface area contributed by atoms with E-state index in [4.69, 9.17) is 4.74 Å². The third kappa shape index (κ3) is 4.16. The largest absolute Gasteiger partial charge is 0.497 e. The van der Waals surface area contributed by atoms with Crippen LogP contribution in [0.1, 0.15) is 31.2 Å². The van der Waals surface area contributed by atoms with E-state index in [9.17, 15) is 4.79 Å². The van der Waals surface area contributed by atoms with Crippen molar-refractivity contribution in [3.05, 3.63) is 29.8 Å². The Morgan fingerprint density at radius 1 is 1.26 bits per heavy atom. The zero-order valence-electron chi connectivity index (χ0n) is 11.5. The molecular weight excluding hydrogens is 240 g/mol. The Bertz CT molecular complexity index is 412. The first-order chi connectivity index (χ1) is 9.29. The highest BCUT2D eigenvalue weighted by atomic mass is 16.5. The van der Waals surface area contributed by atoms with Gasteiger partial charge in [-0.05, 0) is 30.5 Å². The van der Waals surface area contributed by atoms with E-state index in [1.807, 2.05) is 29.2 Å². The summed E-state index contributed by atoms with van der Waals surface area (Å²) in [5, 5.41) is 2.98. The summed E-state index contributed by atoms with van der Waals surface area (Å²) in [4.78, 5) is 14.0. The minimum Gasteiger partial charge on any atom is -0.497 e. The van der Waals surface area contributed by atoms with E-state index in [-0.39, 0.29) is 6.03 Å². The maximum absolute atomic E-state index is 12.1. The molecule has 1 heterocycles. The van der Waals surface area contributed by atoms with Crippen molar-refractivity contribution in [2.24, 2.45) is 0 Å². The fraction of sp³-hybridized carbons (Fsp3) is 0.533. The molecule has 0 spiro atoms. The molecule has 1 saturated heterocycles. The summed E-state index contributed by atoms with van der Waals surface area (Å²) in [7, 11) is 1.65. The molecule has 104 valence electrons. The van der Waals surface area contributed by atoms with Gasteiger partial charge >= 0.3 is 6.03 Å². The van der Waals surface area contributed by atoms with Gasteiger partial charge in [-0.25, -0.2) is 4.79 Å². The Balaban J connectivity index is 1.84. The topological polar surface area (TPSA) is 41.6 Å². The summed E-state index contributed by atoms with van der Waals surface area (Å²) < 4.78 is 5.17. The van der Waals surface area contributed by atoms with Crippen molar-refractivity contribution in [3.8, 4) is 5.75 Å². The highest BCUT2D eigenvalue weighted by molar-refractivity contribution is 5.74. The number of rotatable bonds is 3. The second-order valence-electron chi connectivity index (χ2n) is 4.91. The molecule has 1 fully saturated rings. The van der Waals surface area contributed by atoms with Crippen LogP contribution in [0.3, 0.4) is 0 Å². The van der Waals surface area contributed by atoms with Crippen molar-refractivity contribution in [1.29, 1.82) is 0 Å². The van der Waals surface area contributed by atoms with Crippen molar-refractivity contribution in [1.82, 2.24) is 10.2 Å². The lowest BCUT2D eigenvalue weighted by Gasteiger charge is -2.20. The third-order valence-electron chi connectivity index (χ3n) is 3.47. The summed E-state index contributed by atoms with van der Waals surface area (Å²) in [6, 6.07) is 7.82. The summed E-state index contributed by atoms with van der Waals surface area (Å²) in [5.41, 5.74) is 1.06. The van der Waals surface area contributed by atoms with Crippen LogP contribution in [0, 0.1) is 0 Å². The van der Waals surface area contributed by atoms with Gasteiger partial charge in [-0.3, -0.25) is 0 Å². The van der Waals surface area contributed by atoms with E-state index >= 15 is 0 Å². The molecule has 0 radical (unpaired) electrons. The van der Waals surface area contributed by atoms with Crippen LogP contribution in [0.4, 0.5) is 4.79 Å². The van der Waals surface area contributed by atoms with Gasteiger partial charge in [-0.1, -0.05) is 25.0 Å². The fourth-order valence-electron chi connectivity index (χ4n) is 2.35. The van der Waals surface area contributed by atoms with Crippen LogP contribution < -0.4 is 10.1 Å². The molecule has 0 bridgehead atoms. The van der Waals surface area contributed by atoms with Crippen LogP contribution in [0.2, 0.25) is 0 Å². The SMILES string of the molecule is COc1cccc(CNC(=O)N2CCCCCC2)c1. The van der Waals surface area contributed by atoms with Crippen molar-refractivity contribution in [2.45, 2.75) is 32.2 Å². The molecule has 0 saturated carbocycles. The summed E-state index contributed by atoms with van der Waals surface area (Å²) in [6.07, 6.45) is 4.71. The molecule has 1 aliphatic rings. The maximum Gasteiger partial charge on any atom is 0.317 e. The smallest absolute Gasteiger partial charge is 0.317 e. The number of hydrogen-bond acceptors (Lipinski definition) is 2. The first-order valence-electron chi connectivity index (χ1n) is 6.95. The minimum atomic E-state index is 0.0460. The van der Waals surface area contributed by atoms with Crippen LogP contribution in [-0.4, -0.2) is 31.1 Å². The van der Waals surface area contributed by atoms with Crippen molar-refractivity contribution >= 4 is 6.03 Å². The van der Waals surface area contributed by atoms with Gasteiger partial charge in [0.25, 0.3) is 0 Å². The first kappa shape index (κ1) is 13.7. The number of methoxy groups -OCH3 is 1. The molecule has 2 rings (SSSR count). The number of likely N-dealkylation sites (tertiary alicyclic amines) is 1. The van der Waals surface area contributed by atoms with E-state index in [0.29, 0.717) is 6.54 Å². The lowest BCUT2D eigenvalue weighted by Crippen LogP contribution is -2.40. The van der Waals surface area contributed by atoms with Crippen LogP contribution in [0.15, 0.2) is 24.3 Å². The number of hydrogen-bond donors (Lipinski definition) is 1. The second kappa shape index (κ2) is 7.02. The van der Waals surface area contributed by atoms with Crippen molar-refractivity contribution in [3.63, 3.8) is 0 Å². The molecule has 1 aromatic carbocycles. The zero-order valence-corrected chi connectivity index (χ0v) is 11.5. The number of benzene rings is 1. The number of carbonyl (C=O) groups is 1. The Morgan fingerprint density at radius 2 is 2.00 bits per heavy atom. The van der Waals surface area contributed by atoms with Crippen LogP contribution in [0.25, 0.3) is 0 Å². The Kier molecular flexibility index (Phi) is 5.07. The summed E-state index contributed by atoms with van der Waals surface area (Å²) in [6.45, 7) is 2.31. The first-order valence-corrected chi connectivity index (χ1v) is 6.95. The molecule has 19 heavy (non-hydrogen) atoms. The van der Waals surface area contributed by atoms with Crippen molar-refractivity contribution < 1.29 is 9.53 Å². The average molecular weight is 262 g/mol. The van der Waals surface area contributed by atoms with Gasteiger partial charge in [0.05, 0.1) is 7.11 Å². The van der Waals surface area contributed by atoms with E-state index in [1.54, 1.807) is 7.11 Å². The Labute approximate surface area is 114 Å². The van der Waals surface area contributed by atoms with Gasteiger partial charge in [0.2, 0.25) is 0 Å². The number of amides is 2. The molecule has 1 aromatic rings. The van der Waals surface area contributed by atoms with Crippen LogP contribution in [-0.2, 0) is 6.54 Å². The average Bonchev–Trinajstić information content (AvgIpc) is 2.74. The predicted molar refractivity (Wildman–Crippen MR) is 75.3 cm³/mol. The maximum atomic E-state index is 12.1. The Hall–Kier alpha value is -1.71. The van der Waals surface area contributed by atoms with E-state index in [1.165, 1.54) is 12.8 Å². The monoisotopic (exact) mass is 262 g/mol. The molecule has 0 unspecified atom stereocenters. The lowest BCUT2D eigenvalue weighted by atomic mass is 10.2. The van der Waals surface area contributed by atoms with Crippen LogP contribution >= 0.6 is 0 Å². The summed E-state index contributed by atoms with van der Waals surface area (Å²) >= 11 is 0. The number of nitrogens with one attached hydrogen (secondary N) is 1. The minimum absolute atomic E-state index is 0.0460. The number of urea groups is 1. The van der Waals surface area contributed by atoms with E-state index in [0.717, 1.165) is 37.2 Å². The molecule has 2 amide bonds. The standard InChI is InChI=1S/C15H22N2O2/c1-19-14-8-6-7-13(11-14)12-16-15(18)17-9-4-2-3-5-10-17/h6-8,11H,2-5,9-10,12H2,1H3,(H,16,18). The Morgan fingerprint density at radius 3 is 2.68 bits per heavy atom. The fourth-order valence-corrected chi connectivity index (χ4v) is 2.35. The molecule has 0 aliphatic carbocycles. The molecule has 1 aliphatic heterocycles. The molecule has 0 aromatic heterocycles. The van der Waals surface area contributed by atoms with Crippen LogP contribution in [0.5, 0.6) is 5.75 Å². The normalized spacial score (nSPS) is 15.7. The van der Waals surface area contributed by atoms with Gasteiger partial charge in [-0.2, -0.15) is 0 Å². The summed E-state index contributed by atoms with van der Waals surface area (Å²) in [5.74, 6) is 0.821. The number of nitrogens with zero attached hydrogens (tertiary/aromatic N) is 1. The highest BCUT2D eigenvalue weighted by Gasteiger charge is 2.14. The quantitative estimate of drug-likeness (QED) is 0.910. The van der Waals surface area contributed by atoms with Gasteiger partial charge in [-0.15, -0.1) is 0 Å². The van der Waals surface area contributed by atoms with Gasteiger partial charge in [0.1, 0.15) is 5.75 Å². The van der Waals surface area contributed by atoms with Crippen molar-refractivity contribution in [2.75, 3.05) is 20.2 Å². The highest BCUT2D eigenvalue weighted by Crippen LogP contribution is 2.13. The molecule has 4 heteroatoms. The lowest BCUT2D eigenvalue weighted by molar-refractivity contribution is 0.199. The second-order valence-corrected chi connectivity index (χ2v) is 4.91. The van der Waals surface area contributed by atoms with Gasteiger partial charge in [0, 0.05) is 19.6 Å². The number of ether oxygens (including phenoxy) is 1. The number of carbonyl (C=O) groups excluding carboxylic acids is 1. The molecule has 0 atom stereocenters. The third-order valence-corrected chi connectivity index (χ3v) is 3.47. The van der Waals surface area contributed by atoms with Gasteiger partial charge < -0.3 is 15.0 Å². The van der Waals surface area contributed by atoms with Gasteiger partial charge in [0.15, 0.2) is 0 Å². The predicted octanol–water partition coefficient (Wildman–Crippen LogP) is 2.78. The zero-order chi connectivity index (χ0) is 13.5. The molecule has 4 nitrogen and oxygen atoms in total. The molecule has 1 N–H and O–H groups in total. The van der Waals surface area contributed by atoms with E-state index in [2.05, 4.69) is 5.32 Å². The molecular formula is C15H22N2O2.